The van der Waals surface area contributed by atoms with Gasteiger partial charge in [0, 0.05) is 16.3 Å². The van der Waals surface area contributed by atoms with Gasteiger partial charge in [-0.2, -0.15) is 0 Å². The van der Waals surface area contributed by atoms with Gasteiger partial charge < -0.3 is 5.32 Å². The number of rotatable bonds is 6. The highest BCUT2D eigenvalue weighted by Crippen LogP contribution is 2.13. The van der Waals surface area contributed by atoms with E-state index < -0.39 is 5.91 Å². The second-order valence-corrected chi connectivity index (χ2v) is 6.79. The summed E-state index contributed by atoms with van der Waals surface area (Å²) in [4.78, 5) is 35.5. The molecule has 0 saturated heterocycles. The van der Waals surface area contributed by atoms with Crippen LogP contribution in [0.2, 0.25) is 5.02 Å². The highest BCUT2D eigenvalue weighted by atomic mass is 35.5. The Labute approximate surface area is 160 Å². The first kappa shape index (κ1) is 19.8. The topological polar surface area (TPSA) is 87.3 Å². The van der Waals surface area contributed by atoms with Crippen LogP contribution in [0.4, 0.5) is 5.69 Å². The van der Waals surface area contributed by atoms with Gasteiger partial charge in [-0.3, -0.25) is 25.2 Å². The minimum absolute atomic E-state index is 0.0437. The summed E-state index contributed by atoms with van der Waals surface area (Å²) < 4.78 is 0. The molecule has 0 aliphatic carbocycles. The fourth-order valence-corrected chi connectivity index (χ4v) is 2.77. The number of aryl methyl sites for hydroxylation is 1. The zero-order valence-corrected chi connectivity index (χ0v) is 15.6. The summed E-state index contributed by atoms with van der Waals surface area (Å²) in [6.45, 7) is 1.81. The van der Waals surface area contributed by atoms with Crippen molar-refractivity contribution >= 4 is 46.8 Å². The predicted octanol–water partition coefficient (Wildman–Crippen LogP) is 2.78. The third-order valence-corrected chi connectivity index (χ3v) is 4.48. The van der Waals surface area contributed by atoms with Crippen molar-refractivity contribution < 1.29 is 14.4 Å². The van der Waals surface area contributed by atoms with Gasteiger partial charge in [-0.05, 0) is 42.8 Å². The van der Waals surface area contributed by atoms with Crippen LogP contribution < -0.4 is 16.2 Å². The van der Waals surface area contributed by atoms with Gasteiger partial charge in [0.15, 0.2) is 0 Å². The number of thioether (sulfide) groups is 1. The van der Waals surface area contributed by atoms with Crippen molar-refractivity contribution in [3.05, 3.63) is 64.7 Å². The van der Waals surface area contributed by atoms with E-state index in [0.717, 1.165) is 17.3 Å². The molecule has 26 heavy (non-hydrogen) atoms. The third-order valence-electron chi connectivity index (χ3n) is 3.30. The number of halogens is 1. The molecule has 3 N–H and O–H groups in total. The quantitative estimate of drug-likeness (QED) is 0.661. The Morgan fingerprint density at radius 2 is 1.58 bits per heavy atom. The Morgan fingerprint density at radius 3 is 2.27 bits per heavy atom. The molecule has 2 aromatic rings. The summed E-state index contributed by atoms with van der Waals surface area (Å²) >= 11 is 6.92. The minimum atomic E-state index is -0.392. The average Bonchev–Trinajstić information content (AvgIpc) is 2.62. The molecule has 0 aliphatic heterocycles. The first-order valence-electron chi connectivity index (χ1n) is 7.73. The van der Waals surface area contributed by atoms with Gasteiger partial charge in [0.2, 0.25) is 11.8 Å². The van der Waals surface area contributed by atoms with Crippen LogP contribution in [0.3, 0.4) is 0 Å². The summed E-state index contributed by atoms with van der Waals surface area (Å²) in [6, 6.07) is 13.8. The summed E-state index contributed by atoms with van der Waals surface area (Å²) in [5.74, 6) is -0.851. The third kappa shape index (κ3) is 6.42. The number of carbonyl (C=O) groups is 3. The van der Waals surface area contributed by atoms with E-state index in [1.54, 1.807) is 36.4 Å². The number of hydrazine groups is 1. The van der Waals surface area contributed by atoms with Crippen molar-refractivity contribution in [2.45, 2.75) is 6.92 Å². The molecule has 2 rings (SSSR count). The zero-order chi connectivity index (χ0) is 18.9. The Hall–Kier alpha value is -2.51. The molecule has 0 unspecified atom stereocenters. The summed E-state index contributed by atoms with van der Waals surface area (Å²) in [5, 5.41) is 3.29. The molecular formula is C18H18ClN3O3S. The lowest BCUT2D eigenvalue weighted by Gasteiger charge is -2.09. The SMILES string of the molecule is Cc1ccccc1C(=O)NNC(=O)CSCC(=O)Nc1ccc(Cl)cc1. The van der Waals surface area contributed by atoms with Crippen LogP contribution in [0.25, 0.3) is 0 Å². The first-order chi connectivity index (χ1) is 12.5. The average molecular weight is 392 g/mol. The van der Waals surface area contributed by atoms with Gasteiger partial charge in [0.05, 0.1) is 11.5 Å². The van der Waals surface area contributed by atoms with E-state index in [0.29, 0.717) is 16.3 Å². The number of anilines is 1. The molecule has 0 heterocycles. The molecule has 0 spiro atoms. The number of hydrogen-bond acceptors (Lipinski definition) is 4. The van der Waals surface area contributed by atoms with Crippen LogP contribution in [0.1, 0.15) is 15.9 Å². The number of nitrogens with one attached hydrogen (secondary N) is 3. The van der Waals surface area contributed by atoms with Gasteiger partial charge in [0.1, 0.15) is 0 Å². The van der Waals surface area contributed by atoms with Gasteiger partial charge in [-0.15, -0.1) is 11.8 Å². The van der Waals surface area contributed by atoms with Gasteiger partial charge in [-0.25, -0.2) is 0 Å². The van der Waals surface area contributed by atoms with Crippen LogP contribution in [0.5, 0.6) is 0 Å². The first-order valence-corrected chi connectivity index (χ1v) is 9.27. The highest BCUT2D eigenvalue weighted by Gasteiger charge is 2.10. The molecule has 0 atom stereocenters. The van der Waals surface area contributed by atoms with Crippen LogP contribution in [0, 0.1) is 6.92 Å². The van der Waals surface area contributed by atoms with Crippen molar-refractivity contribution in [3.63, 3.8) is 0 Å². The van der Waals surface area contributed by atoms with Crippen molar-refractivity contribution in [1.29, 1.82) is 0 Å². The van der Waals surface area contributed by atoms with Crippen LogP contribution in [-0.2, 0) is 9.59 Å². The second-order valence-electron chi connectivity index (χ2n) is 5.37. The van der Waals surface area contributed by atoms with E-state index in [-0.39, 0.29) is 23.3 Å². The molecule has 6 nitrogen and oxygen atoms in total. The lowest BCUT2D eigenvalue weighted by molar-refractivity contribution is -0.119. The normalized spacial score (nSPS) is 10.1. The van der Waals surface area contributed by atoms with E-state index in [9.17, 15) is 14.4 Å². The highest BCUT2D eigenvalue weighted by molar-refractivity contribution is 8.00. The Bertz CT molecular complexity index is 797. The molecule has 3 amide bonds. The van der Waals surface area contributed by atoms with Crippen molar-refractivity contribution in [2.24, 2.45) is 0 Å². The molecule has 0 saturated carbocycles. The smallest absolute Gasteiger partial charge is 0.269 e. The fraction of sp³-hybridized carbons (Fsp3) is 0.167. The minimum Gasteiger partial charge on any atom is -0.325 e. The Kier molecular flexibility index (Phi) is 7.50. The largest absolute Gasteiger partial charge is 0.325 e. The summed E-state index contributed by atoms with van der Waals surface area (Å²) in [5.41, 5.74) is 6.63. The molecule has 0 aliphatic rings. The van der Waals surface area contributed by atoms with Crippen LogP contribution in [-0.4, -0.2) is 29.2 Å². The van der Waals surface area contributed by atoms with E-state index in [1.807, 2.05) is 19.1 Å². The molecular weight excluding hydrogens is 374 g/mol. The fourth-order valence-electron chi connectivity index (χ4n) is 2.02. The molecule has 136 valence electrons. The number of benzene rings is 2. The van der Waals surface area contributed by atoms with Crippen molar-refractivity contribution in [3.8, 4) is 0 Å². The molecule has 0 bridgehead atoms. The van der Waals surface area contributed by atoms with E-state index in [1.165, 1.54) is 0 Å². The monoisotopic (exact) mass is 391 g/mol. The molecule has 2 aromatic carbocycles. The molecule has 0 fully saturated rings. The maximum absolute atomic E-state index is 12.0. The van der Waals surface area contributed by atoms with Gasteiger partial charge in [0.25, 0.3) is 5.91 Å². The zero-order valence-electron chi connectivity index (χ0n) is 14.0. The molecule has 8 heteroatoms. The van der Waals surface area contributed by atoms with Gasteiger partial charge in [-0.1, -0.05) is 29.8 Å². The van der Waals surface area contributed by atoms with Gasteiger partial charge >= 0.3 is 0 Å². The molecule has 0 aromatic heterocycles. The van der Waals surface area contributed by atoms with E-state index in [2.05, 4.69) is 16.2 Å². The summed E-state index contributed by atoms with van der Waals surface area (Å²) in [6.07, 6.45) is 0. The van der Waals surface area contributed by atoms with Crippen molar-refractivity contribution in [1.82, 2.24) is 10.9 Å². The van der Waals surface area contributed by atoms with E-state index in [4.69, 9.17) is 11.6 Å². The van der Waals surface area contributed by atoms with Crippen LogP contribution >= 0.6 is 23.4 Å². The Morgan fingerprint density at radius 1 is 0.923 bits per heavy atom. The number of carbonyl (C=O) groups excluding carboxylic acids is 3. The van der Waals surface area contributed by atoms with Crippen LogP contribution in [0.15, 0.2) is 48.5 Å². The lowest BCUT2D eigenvalue weighted by atomic mass is 10.1. The summed E-state index contributed by atoms with van der Waals surface area (Å²) in [7, 11) is 0. The number of amides is 3. The Balaban J connectivity index is 1.67. The number of hydrogen-bond donors (Lipinski definition) is 3. The maximum Gasteiger partial charge on any atom is 0.269 e. The second kappa shape index (κ2) is 9.84. The molecule has 0 radical (unpaired) electrons. The standard InChI is InChI=1S/C18H18ClN3O3S/c1-12-4-2-3-5-15(12)18(25)22-21-17(24)11-26-10-16(23)20-14-8-6-13(19)7-9-14/h2-9H,10-11H2,1H3,(H,20,23)(H,21,24)(H,22,25). The maximum atomic E-state index is 12.0. The van der Waals surface area contributed by atoms with E-state index >= 15 is 0 Å². The predicted molar refractivity (Wildman–Crippen MR) is 104 cm³/mol. The van der Waals surface area contributed by atoms with Crippen molar-refractivity contribution in [2.75, 3.05) is 16.8 Å². The lowest BCUT2D eigenvalue weighted by Crippen LogP contribution is -2.42.